The summed E-state index contributed by atoms with van der Waals surface area (Å²) in [5.41, 5.74) is 3.02. The van der Waals surface area contributed by atoms with Crippen LogP contribution in [0.2, 0.25) is 0 Å². The molecule has 4 aromatic rings. The van der Waals surface area contributed by atoms with Crippen LogP contribution in [-0.4, -0.2) is 18.2 Å². The smallest absolute Gasteiger partial charge is 0.176 e. The molecule has 0 aliphatic heterocycles. The zero-order valence-corrected chi connectivity index (χ0v) is 22.2. The van der Waals surface area contributed by atoms with Crippen molar-refractivity contribution in [3.05, 3.63) is 142 Å². The van der Waals surface area contributed by atoms with Gasteiger partial charge in [-0.1, -0.05) is 66.2 Å². The molecule has 1 aliphatic carbocycles. The van der Waals surface area contributed by atoms with Gasteiger partial charge in [-0.3, -0.25) is 9.59 Å². The normalized spacial score (nSPS) is 16.4. The van der Waals surface area contributed by atoms with Crippen molar-refractivity contribution >= 4 is 17.1 Å². The number of ether oxygens (including phenoxy) is 1. The molecule has 0 fully saturated rings. The first-order valence-electron chi connectivity index (χ1n) is 13.1. The van der Waals surface area contributed by atoms with Crippen LogP contribution in [-0.2, 0) is 11.2 Å². The highest BCUT2D eigenvalue weighted by atomic mass is 19.1. The monoisotopic (exact) mass is 558 g/mol. The fourth-order valence-corrected chi connectivity index (χ4v) is 5.21. The molecule has 7 heteroatoms. The lowest BCUT2D eigenvalue weighted by Crippen LogP contribution is -2.21. The second-order valence-electron chi connectivity index (χ2n) is 10.2. The number of aryl methyl sites for hydroxylation is 1. The number of carbonyl (C=O) groups excluding carboxylic acids is 2. The Balaban J connectivity index is 1.45. The number of Topliss-reactive ketones (excluding diaryl/α,β-unsaturated/α-hetero) is 2. The van der Waals surface area contributed by atoms with Gasteiger partial charge in [0.1, 0.15) is 35.6 Å². The Labute approximate surface area is 235 Å². The van der Waals surface area contributed by atoms with E-state index in [1.807, 2.05) is 31.2 Å². The van der Waals surface area contributed by atoms with Gasteiger partial charge in [0.25, 0.3) is 0 Å². The van der Waals surface area contributed by atoms with Crippen LogP contribution in [0.15, 0.2) is 91.0 Å². The summed E-state index contributed by atoms with van der Waals surface area (Å²) in [6.45, 7) is 1.75. The van der Waals surface area contributed by atoms with Crippen molar-refractivity contribution in [2.24, 2.45) is 5.92 Å². The summed E-state index contributed by atoms with van der Waals surface area (Å²) < 4.78 is 62.5. The number of carbonyl (C=O) groups is 2. The number of para-hydroxylation sites is 1. The van der Waals surface area contributed by atoms with E-state index in [1.165, 1.54) is 12.1 Å². The van der Waals surface area contributed by atoms with Gasteiger partial charge in [-0.2, -0.15) is 0 Å². The van der Waals surface area contributed by atoms with Crippen molar-refractivity contribution in [1.29, 1.82) is 0 Å². The first-order chi connectivity index (χ1) is 19.7. The first-order valence-corrected chi connectivity index (χ1v) is 13.1. The average molecular weight is 559 g/mol. The minimum atomic E-state index is -1.29. The third-order valence-corrected chi connectivity index (χ3v) is 7.25. The molecule has 1 aliphatic rings. The highest BCUT2D eigenvalue weighted by Crippen LogP contribution is 2.47. The summed E-state index contributed by atoms with van der Waals surface area (Å²) in [4.78, 5) is 26.3. The van der Waals surface area contributed by atoms with E-state index in [9.17, 15) is 27.2 Å². The predicted octanol–water partition coefficient (Wildman–Crippen LogP) is 7.81. The van der Waals surface area contributed by atoms with Crippen molar-refractivity contribution in [3.8, 4) is 5.75 Å². The van der Waals surface area contributed by atoms with Crippen molar-refractivity contribution < 1.29 is 31.9 Å². The van der Waals surface area contributed by atoms with Crippen LogP contribution in [0.1, 0.15) is 45.0 Å². The van der Waals surface area contributed by atoms with Gasteiger partial charge in [0.2, 0.25) is 0 Å². The van der Waals surface area contributed by atoms with Crippen LogP contribution in [0.3, 0.4) is 0 Å². The molecule has 0 aromatic heterocycles. The van der Waals surface area contributed by atoms with E-state index in [0.29, 0.717) is 34.6 Å². The molecule has 0 bridgehead atoms. The van der Waals surface area contributed by atoms with Crippen molar-refractivity contribution in [2.75, 3.05) is 6.61 Å². The number of hydrogen-bond donors (Lipinski definition) is 0. The zero-order chi connectivity index (χ0) is 29.1. The third kappa shape index (κ3) is 6.30. The van der Waals surface area contributed by atoms with E-state index >= 15 is 0 Å². The molecule has 4 aromatic carbocycles. The van der Waals surface area contributed by atoms with Gasteiger partial charge < -0.3 is 4.74 Å². The Hall–Kier alpha value is -4.52. The molecule has 5 rings (SSSR count). The second kappa shape index (κ2) is 11.9. The second-order valence-corrected chi connectivity index (χ2v) is 10.2. The van der Waals surface area contributed by atoms with Gasteiger partial charge in [0.15, 0.2) is 11.6 Å². The molecule has 3 nitrogen and oxygen atoms in total. The number of allylic oxidation sites excluding steroid dienone is 2. The number of halogens is 4. The minimum absolute atomic E-state index is 0.150. The molecule has 0 spiro atoms. The van der Waals surface area contributed by atoms with E-state index in [2.05, 4.69) is 0 Å². The van der Waals surface area contributed by atoms with Crippen molar-refractivity contribution in [3.63, 3.8) is 0 Å². The van der Waals surface area contributed by atoms with Gasteiger partial charge in [0.05, 0.1) is 5.56 Å². The standard InChI is InChI=1S/C34H26F4O3/c1-20-6-8-21(9-7-20)14-26(39)19-41-32-5-3-2-4-27(32)28-15-23(22-10-12-24(35)13-11-22)16-29(28)34(40)33-30(37)17-25(36)18-31(33)38/h2-13,16-18,28-29H,14-15,19H2,1H3. The molecule has 2 unspecified atom stereocenters. The van der Waals surface area contributed by atoms with Crippen LogP contribution in [0, 0.1) is 36.1 Å². The molecule has 2 atom stereocenters. The number of rotatable bonds is 9. The molecule has 0 radical (unpaired) electrons. The summed E-state index contributed by atoms with van der Waals surface area (Å²) >= 11 is 0. The molecule has 0 saturated carbocycles. The summed E-state index contributed by atoms with van der Waals surface area (Å²) in [5, 5.41) is 0. The Bertz CT molecular complexity index is 1600. The molecule has 0 amide bonds. The lowest BCUT2D eigenvalue weighted by atomic mass is 9.82. The van der Waals surface area contributed by atoms with E-state index in [0.717, 1.165) is 11.1 Å². The van der Waals surface area contributed by atoms with E-state index in [-0.39, 0.29) is 25.2 Å². The Morgan fingerprint density at radius 3 is 2.17 bits per heavy atom. The van der Waals surface area contributed by atoms with Crippen LogP contribution in [0.5, 0.6) is 5.75 Å². The Morgan fingerprint density at radius 1 is 0.829 bits per heavy atom. The lowest BCUT2D eigenvalue weighted by Gasteiger charge is -2.22. The SMILES string of the molecule is Cc1ccc(CC(=O)COc2ccccc2C2CC(c3ccc(F)cc3)=CC2C(=O)c2c(F)cc(F)cc2F)cc1. The maximum Gasteiger partial charge on any atom is 0.176 e. The van der Waals surface area contributed by atoms with E-state index < -0.39 is 46.5 Å². The lowest BCUT2D eigenvalue weighted by molar-refractivity contribution is -0.120. The van der Waals surface area contributed by atoms with Gasteiger partial charge >= 0.3 is 0 Å². The van der Waals surface area contributed by atoms with Gasteiger partial charge in [0, 0.05) is 30.4 Å². The Morgan fingerprint density at radius 2 is 1.49 bits per heavy atom. The van der Waals surface area contributed by atoms with E-state index in [1.54, 1.807) is 42.5 Å². The van der Waals surface area contributed by atoms with Crippen LogP contribution >= 0.6 is 0 Å². The summed E-state index contributed by atoms with van der Waals surface area (Å²) in [6.07, 6.45) is 2.08. The van der Waals surface area contributed by atoms with Crippen LogP contribution in [0.4, 0.5) is 17.6 Å². The van der Waals surface area contributed by atoms with Crippen LogP contribution < -0.4 is 4.74 Å². The van der Waals surface area contributed by atoms with Crippen LogP contribution in [0.25, 0.3) is 5.57 Å². The van der Waals surface area contributed by atoms with E-state index in [4.69, 9.17) is 4.74 Å². The third-order valence-electron chi connectivity index (χ3n) is 7.25. The highest BCUT2D eigenvalue weighted by molar-refractivity contribution is 6.02. The van der Waals surface area contributed by atoms with Crippen molar-refractivity contribution in [1.82, 2.24) is 0 Å². The molecule has 0 N–H and O–H groups in total. The fourth-order valence-electron chi connectivity index (χ4n) is 5.21. The molecule has 41 heavy (non-hydrogen) atoms. The Kier molecular flexibility index (Phi) is 8.15. The number of ketones is 2. The highest BCUT2D eigenvalue weighted by Gasteiger charge is 2.38. The average Bonchev–Trinajstić information content (AvgIpc) is 3.38. The molecule has 0 heterocycles. The maximum atomic E-state index is 14.7. The minimum Gasteiger partial charge on any atom is -0.486 e. The number of benzene rings is 4. The largest absolute Gasteiger partial charge is 0.486 e. The molecular weight excluding hydrogens is 532 g/mol. The summed E-state index contributed by atoms with van der Waals surface area (Å²) in [5.74, 6) is -6.43. The topological polar surface area (TPSA) is 43.4 Å². The van der Waals surface area contributed by atoms with Gasteiger partial charge in [-0.05, 0) is 53.8 Å². The van der Waals surface area contributed by atoms with Gasteiger partial charge in [-0.25, -0.2) is 17.6 Å². The predicted molar refractivity (Wildman–Crippen MR) is 148 cm³/mol. The summed E-state index contributed by atoms with van der Waals surface area (Å²) in [7, 11) is 0. The fraction of sp³-hybridized carbons (Fsp3) is 0.176. The number of hydrogen-bond acceptors (Lipinski definition) is 3. The molecule has 208 valence electrons. The zero-order valence-electron chi connectivity index (χ0n) is 22.2. The molecular formula is C34H26F4O3. The summed E-state index contributed by atoms with van der Waals surface area (Å²) in [6, 6.07) is 21.1. The maximum absolute atomic E-state index is 14.7. The quantitative estimate of drug-likeness (QED) is 0.155. The first kappa shape index (κ1) is 28.0. The van der Waals surface area contributed by atoms with Gasteiger partial charge in [-0.15, -0.1) is 0 Å². The van der Waals surface area contributed by atoms with Crippen molar-refractivity contribution in [2.45, 2.75) is 25.7 Å². The molecule has 0 saturated heterocycles.